The summed E-state index contributed by atoms with van der Waals surface area (Å²) in [5, 5.41) is 2.66. The Morgan fingerprint density at radius 1 is 1.05 bits per heavy atom. The summed E-state index contributed by atoms with van der Waals surface area (Å²) in [6.45, 7) is 1.76. The van der Waals surface area contributed by atoms with Gasteiger partial charge in [-0.05, 0) is 51.2 Å². The molecule has 2 heterocycles. The average molecular weight is 585 g/mol. The molecule has 0 spiro atoms. The number of carbonyl (C=O) groups is 4. The van der Waals surface area contributed by atoms with Crippen molar-refractivity contribution in [1.29, 1.82) is 0 Å². The smallest absolute Gasteiger partial charge is 0.329 e. The summed E-state index contributed by atoms with van der Waals surface area (Å²) < 4.78 is 33.3. The fourth-order valence-corrected chi connectivity index (χ4v) is 4.52. The number of carbonyl (C=O) groups excluding carboxylic acids is 4. The number of pyridine rings is 1. The molecule has 226 valence electrons. The molecule has 1 aliphatic carbocycles. The van der Waals surface area contributed by atoms with Crippen molar-refractivity contribution in [2.75, 3.05) is 20.8 Å². The van der Waals surface area contributed by atoms with E-state index in [0.717, 1.165) is 12.8 Å². The van der Waals surface area contributed by atoms with Gasteiger partial charge in [0.1, 0.15) is 24.0 Å². The fraction of sp³-hybridized carbons (Fsp3) is 0.500. The number of benzene rings is 1. The number of nitrogens with zero attached hydrogens (tertiary/aromatic N) is 1. The molecule has 12 nitrogen and oxygen atoms in total. The Bertz CT molecular complexity index is 1250. The number of hydrogen-bond acceptors (Lipinski definition) is 11. The second-order valence-electron chi connectivity index (χ2n) is 10.2. The van der Waals surface area contributed by atoms with Crippen LogP contribution in [-0.4, -0.2) is 74.0 Å². The maximum Gasteiger partial charge on any atom is 0.329 e. The molecular weight excluding hydrogens is 548 g/mol. The summed E-state index contributed by atoms with van der Waals surface area (Å²) in [4.78, 5) is 55.6. The number of hydrogen-bond donors (Lipinski definition) is 1. The Morgan fingerprint density at radius 3 is 2.50 bits per heavy atom. The highest BCUT2D eigenvalue weighted by Crippen LogP contribution is 2.33. The van der Waals surface area contributed by atoms with E-state index in [-0.39, 0.29) is 48.5 Å². The number of para-hydroxylation sites is 1. The second kappa shape index (κ2) is 14.6. The van der Waals surface area contributed by atoms with E-state index in [9.17, 15) is 19.2 Å². The first kappa shape index (κ1) is 30.8. The van der Waals surface area contributed by atoms with Crippen LogP contribution in [0.2, 0.25) is 0 Å². The van der Waals surface area contributed by atoms with Gasteiger partial charge in [0.15, 0.2) is 17.5 Å². The number of nitrogens with one attached hydrogen (secondary N) is 1. The number of methoxy groups -OCH3 is 2. The molecular formula is C30H36N2O10. The van der Waals surface area contributed by atoms with Crippen molar-refractivity contribution in [2.45, 2.75) is 69.8 Å². The normalized spacial score (nSPS) is 22.4. The maximum atomic E-state index is 13.4. The van der Waals surface area contributed by atoms with Crippen molar-refractivity contribution in [3.63, 3.8) is 0 Å². The van der Waals surface area contributed by atoms with Gasteiger partial charge in [0, 0.05) is 19.4 Å². The highest BCUT2D eigenvalue weighted by molar-refractivity contribution is 5.98. The molecule has 4 rings (SSSR count). The number of esters is 3. The lowest BCUT2D eigenvalue weighted by atomic mass is 10.0. The molecule has 2 aliphatic rings. The number of aromatic nitrogens is 1. The van der Waals surface area contributed by atoms with E-state index < -0.39 is 42.2 Å². The van der Waals surface area contributed by atoms with Crippen LogP contribution in [0.4, 0.5) is 0 Å². The van der Waals surface area contributed by atoms with Crippen LogP contribution in [0.1, 0.15) is 55.9 Å². The Kier molecular flexibility index (Phi) is 10.7. The van der Waals surface area contributed by atoms with E-state index in [1.807, 2.05) is 18.2 Å². The molecule has 1 aromatic heterocycles. The molecule has 2 aromatic rings. The molecule has 1 aromatic carbocycles. The lowest BCUT2D eigenvalue weighted by molar-refractivity contribution is -0.175. The molecule has 42 heavy (non-hydrogen) atoms. The zero-order valence-electron chi connectivity index (χ0n) is 23.9. The molecule has 2 fully saturated rings. The summed E-state index contributed by atoms with van der Waals surface area (Å²) in [5.41, 5.74) is -0.234. The van der Waals surface area contributed by atoms with E-state index in [0.29, 0.717) is 18.6 Å². The molecule has 1 saturated heterocycles. The first-order chi connectivity index (χ1) is 20.3. The zero-order chi connectivity index (χ0) is 30.1. The van der Waals surface area contributed by atoms with Crippen LogP contribution in [0.3, 0.4) is 0 Å². The molecule has 0 bridgehead atoms. The largest absolute Gasteiger partial charge is 0.493 e. The molecule has 1 saturated carbocycles. The molecule has 12 heteroatoms. The Balaban J connectivity index is 1.52. The third kappa shape index (κ3) is 8.19. The number of cyclic esters (lactones) is 1. The molecule has 0 radical (unpaired) electrons. The number of ether oxygens (including phenoxy) is 6. The van der Waals surface area contributed by atoms with Crippen LogP contribution in [0.15, 0.2) is 42.6 Å². The van der Waals surface area contributed by atoms with E-state index >= 15 is 0 Å². The minimum atomic E-state index is -1.06. The Hall–Kier alpha value is -4.19. The van der Waals surface area contributed by atoms with Gasteiger partial charge in [0.05, 0.1) is 26.1 Å². The van der Waals surface area contributed by atoms with Gasteiger partial charge >= 0.3 is 17.9 Å². The molecule has 1 N–H and O–H groups in total. The van der Waals surface area contributed by atoms with Gasteiger partial charge in [0.2, 0.25) is 5.75 Å². The molecule has 0 unspecified atom stereocenters. The number of rotatable bonds is 11. The van der Waals surface area contributed by atoms with Gasteiger partial charge in [-0.25, -0.2) is 9.78 Å². The first-order valence-corrected chi connectivity index (χ1v) is 14.0. The van der Waals surface area contributed by atoms with E-state index in [2.05, 4.69) is 10.3 Å². The van der Waals surface area contributed by atoms with Crippen molar-refractivity contribution in [1.82, 2.24) is 10.3 Å². The summed E-state index contributed by atoms with van der Waals surface area (Å²) in [6.07, 6.45) is 1.56. The van der Waals surface area contributed by atoms with Gasteiger partial charge in [-0.2, -0.15) is 0 Å². The van der Waals surface area contributed by atoms with Crippen molar-refractivity contribution in [2.24, 2.45) is 5.92 Å². The molecule has 1 amide bonds. The second-order valence-corrected chi connectivity index (χ2v) is 10.2. The average Bonchev–Trinajstić information content (AvgIpc) is 3.83. The third-order valence-electron chi connectivity index (χ3n) is 6.93. The Labute approximate surface area is 244 Å². The van der Waals surface area contributed by atoms with Crippen LogP contribution >= 0.6 is 0 Å². The predicted octanol–water partition coefficient (Wildman–Crippen LogP) is 3.02. The lowest BCUT2D eigenvalue weighted by Crippen LogP contribution is -2.47. The van der Waals surface area contributed by atoms with Gasteiger partial charge in [-0.3, -0.25) is 14.4 Å². The van der Waals surface area contributed by atoms with Crippen LogP contribution in [0.5, 0.6) is 17.2 Å². The fourth-order valence-electron chi connectivity index (χ4n) is 4.52. The molecule has 4 atom stereocenters. The predicted molar refractivity (Wildman–Crippen MR) is 147 cm³/mol. The standard InChI is InChI=1S/C30H36N2O10/c1-18-26(42-29(35)19-12-13-19)23(40-20-8-5-4-6-9-20)11-7-10-21(30(36)39-18)32-28(34)25-27(22(38-3)14-16-31-25)41-24(33)15-17-37-2/h4-6,8-9,14,16,18-19,21,23,26H,7,10-13,15,17H2,1-3H3,(H,32,34)/t18-,21-,23-,26-/m0/s1. The van der Waals surface area contributed by atoms with Gasteiger partial charge in [-0.1, -0.05) is 18.2 Å². The minimum Gasteiger partial charge on any atom is -0.493 e. The summed E-state index contributed by atoms with van der Waals surface area (Å²) in [6, 6.07) is 9.52. The topological polar surface area (TPSA) is 149 Å². The Morgan fingerprint density at radius 2 is 1.81 bits per heavy atom. The summed E-state index contributed by atoms with van der Waals surface area (Å²) >= 11 is 0. The highest BCUT2D eigenvalue weighted by atomic mass is 16.6. The highest BCUT2D eigenvalue weighted by Gasteiger charge is 2.41. The lowest BCUT2D eigenvalue weighted by Gasteiger charge is -2.31. The van der Waals surface area contributed by atoms with Gasteiger partial charge < -0.3 is 33.7 Å². The third-order valence-corrected chi connectivity index (χ3v) is 6.93. The van der Waals surface area contributed by atoms with Crippen LogP contribution in [0.25, 0.3) is 0 Å². The molecule has 1 aliphatic heterocycles. The number of amides is 1. The maximum absolute atomic E-state index is 13.4. The summed E-state index contributed by atoms with van der Waals surface area (Å²) in [7, 11) is 2.81. The van der Waals surface area contributed by atoms with Crippen molar-refractivity contribution in [3.8, 4) is 17.2 Å². The van der Waals surface area contributed by atoms with Crippen LogP contribution in [0, 0.1) is 5.92 Å². The van der Waals surface area contributed by atoms with Crippen LogP contribution < -0.4 is 19.5 Å². The van der Waals surface area contributed by atoms with E-state index in [1.54, 1.807) is 19.1 Å². The van der Waals surface area contributed by atoms with E-state index in [4.69, 9.17) is 28.4 Å². The van der Waals surface area contributed by atoms with Crippen molar-refractivity contribution in [3.05, 3.63) is 48.3 Å². The summed E-state index contributed by atoms with van der Waals surface area (Å²) in [5.74, 6) is -2.07. The first-order valence-electron chi connectivity index (χ1n) is 14.0. The van der Waals surface area contributed by atoms with Gasteiger partial charge in [0.25, 0.3) is 5.91 Å². The zero-order valence-corrected chi connectivity index (χ0v) is 23.9. The van der Waals surface area contributed by atoms with Crippen molar-refractivity contribution >= 4 is 23.8 Å². The quantitative estimate of drug-likeness (QED) is 0.389. The van der Waals surface area contributed by atoms with Crippen LogP contribution in [-0.2, 0) is 28.6 Å². The van der Waals surface area contributed by atoms with Gasteiger partial charge in [-0.15, -0.1) is 0 Å². The SMILES string of the molecule is COCCC(=O)Oc1c(OC)ccnc1C(=O)N[C@H]1CCC[C@H](Oc2ccccc2)[C@@H](OC(=O)C2CC2)[C@H](C)OC1=O. The van der Waals surface area contributed by atoms with E-state index in [1.165, 1.54) is 26.5 Å². The van der Waals surface area contributed by atoms with Crippen molar-refractivity contribution < 1.29 is 47.6 Å². The minimum absolute atomic E-state index is 0.0544. The monoisotopic (exact) mass is 584 g/mol.